The summed E-state index contributed by atoms with van der Waals surface area (Å²) in [6.45, 7) is 6.07. The highest BCUT2D eigenvalue weighted by molar-refractivity contribution is 5.70. The maximum absolute atomic E-state index is 12.3. The standard InChI is InChI=1S/C20H25N3O4/c1-16-13-18(27-21-16)14-22-9-7-20(8-10-22)15-23(19(24)26-20)11-12-25-17-5-3-2-4-6-17/h2-6,13H,7-12,14-15H2,1H3. The molecule has 2 aromatic rings. The Bertz CT molecular complexity index is 769. The molecular weight excluding hydrogens is 346 g/mol. The van der Waals surface area contributed by atoms with Crippen molar-refractivity contribution in [2.45, 2.75) is 31.9 Å². The van der Waals surface area contributed by atoms with E-state index in [1.165, 1.54) is 0 Å². The van der Waals surface area contributed by atoms with Crippen molar-refractivity contribution in [2.24, 2.45) is 0 Å². The van der Waals surface area contributed by atoms with Crippen LogP contribution in [0.15, 0.2) is 40.9 Å². The molecular formula is C20H25N3O4. The van der Waals surface area contributed by atoms with Gasteiger partial charge in [-0.1, -0.05) is 23.4 Å². The average molecular weight is 371 g/mol. The van der Waals surface area contributed by atoms with E-state index in [1.807, 2.05) is 43.3 Å². The summed E-state index contributed by atoms with van der Waals surface area (Å²) < 4.78 is 16.8. The second kappa shape index (κ2) is 7.60. The first kappa shape index (κ1) is 17.9. The minimum atomic E-state index is -0.363. The normalized spacial score (nSPS) is 19.4. The van der Waals surface area contributed by atoms with E-state index in [4.69, 9.17) is 14.0 Å². The highest BCUT2D eigenvalue weighted by Crippen LogP contribution is 2.33. The monoisotopic (exact) mass is 371 g/mol. The Kier molecular flexibility index (Phi) is 5.03. The Morgan fingerprint density at radius 2 is 2.00 bits per heavy atom. The third kappa shape index (κ3) is 4.24. The van der Waals surface area contributed by atoms with E-state index in [2.05, 4.69) is 10.1 Å². The van der Waals surface area contributed by atoms with Gasteiger partial charge < -0.3 is 18.9 Å². The lowest BCUT2D eigenvalue weighted by Gasteiger charge is -2.36. The lowest BCUT2D eigenvalue weighted by Crippen LogP contribution is -2.46. The molecule has 7 nitrogen and oxygen atoms in total. The van der Waals surface area contributed by atoms with E-state index in [-0.39, 0.29) is 11.7 Å². The Hall–Kier alpha value is -2.54. The van der Waals surface area contributed by atoms with Crippen LogP contribution in [0.2, 0.25) is 0 Å². The summed E-state index contributed by atoms with van der Waals surface area (Å²) in [5.41, 5.74) is 0.536. The molecule has 4 rings (SSSR count). The van der Waals surface area contributed by atoms with Crippen molar-refractivity contribution in [3.05, 3.63) is 47.9 Å². The number of aryl methyl sites for hydroxylation is 1. The molecule has 0 aliphatic carbocycles. The third-order valence-electron chi connectivity index (χ3n) is 5.24. The van der Waals surface area contributed by atoms with E-state index in [1.54, 1.807) is 4.90 Å². The second-order valence-electron chi connectivity index (χ2n) is 7.34. The van der Waals surface area contributed by atoms with Gasteiger partial charge in [0.2, 0.25) is 0 Å². The lowest BCUT2D eigenvalue weighted by atomic mass is 9.91. The van der Waals surface area contributed by atoms with Crippen LogP contribution in [0.1, 0.15) is 24.3 Å². The third-order valence-corrected chi connectivity index (χ3v) is 5.24. The van der Waals surface area contributed by atoms with E-state index >= 15 is 0 Å². The van der Waals surface area contributed by atoms with Crippen molar-refractivity contribution in [2.75, 3.05) is 32.8 Å². The number of hydrogen-bond donors (Lipinski definition) is 0. The smallest absolute Gasteiger partial charge is 0.410 e. The molecule has 1 aromatic carbocycles. The number of benzene rings is 1. The number of amides is 1. The molecule has 2 aliphatic heterocycles. The number of carbonyl (C=O) groups is 1. The van der Waals surface area contributed by atoms with E-state index < -0.39 is 0 Å². The molecule has 2 aliphatic rings. The molecule has 1 spiro atoms. The van der Waals surface area contributed by atoms with Crippen LogP contribution in [0.25, 0.3) is 0 Å². The van der Waals surface area contributed by atoms with E-state index in [0.717, 1.165) is 49.7 Å². The summed E-state index contributed by atoms with van der Waals surface area (Å²) in [6.07, 6.45) is 1.44. The SMILES string of the molecule is Cc1cc(CN2CCC3(CC2)CN(CCOc2ccccc2)C(=O)O3)on1. The van der Waals surface area contributed by atoms with Crippen LogP contribution in [0.4, 0.5) is 4.79 Å². The van der Waals surface area contributed by atoms with Crippen molar-refractivity contribution >= 4 is 6.09 Å². The van der Waals surface area contributed by atoms with Crippen molar-refractivity contribution < 1.29 is 18.8 Å². The molecule has 0 atom stereocenters. The first-order chi connectivity index (χ1) is 13.1. The number of likely N-dealkylation sites (tertiary alicyclic amines) is 1. The number of hydrogen-bond acceptors (Lipinski definition) is 6. The number of aromatic nitrogens is 1. The zero-order chi connectivity index (χ0) is 18.7. The Balaban J connectivity index is 1.25. The van der Waals surface area contributed by atoms with Crippen LogP contribution < -0.4 is 4.74 Å². The highest BCUT2D eigenvalue weighted by Gasteiger charge is 2.46. The molecule has 27 heavy (non-hydrogen) atoms. The average Bonchev–Trinajstić information content (AvgIpc) is 3.21. The summed E-state index contributed by atoms with van der Waals surface area (Å²) in [5, 5.41) is 3.93. The van der Waals surface area contributed by atoms with Crippen molar-refractivity contribution in [3.63, 3.8) is 0 Å². The van der Waals surface area contributed by atoms with Crippen LogP contribution in [0.3, 0.4) is 0 Å². The maximum atomic E-state index is 12.3. The van der Waals surface area contributed by atoms with Crippen LogP contribution in [0, 0.1) is 6.92 Å². The topological polar surface area (TPSA) is 68.0 Å². The molecule has 1 amide bonds. The Labute approximate surface area is 158 Å². The van der Waals surface area contributed by atoms with Crippen molar-refractivity contribution in [1.82, 2.24) is 15.0 Å². The molecule has 1 aromatic heterocycles. The van der Waals surface area contributed by atoms with Gasteiger partial charge in [0, 0.05) is 32.0 Å². The quantitative estimate of drug-likeness (QED) is 0.778. The zero-order valence-corrected chi connectivity index (χ0v) is 15.6. The maximum Gasteiger partial charge on any atom is 0.410 e. The van der Waals surface area contributed by atoms with Crippen molar-refractivity contribution in [1.29, 1.82) is 0 Å². The van der Waals surface area contributed by atoms with E-state index in [0.29, 0.717) is 19.7 Å². The van der Waals surface area contributed by atoms with Crippen LogP contribution in [-0.2, 0) is 11.3 Å². The number of rotatable bonds is 6. The summed E-state index contributed by atoms with van der Waals surface area (Å²) in [6, 6.07) is 11.6. The fourth-order valence-electron chi connectivity index (χ4n) is 3.75. The molecule has 0 saturated carbocycles. The van der Waals surface area contributed by atoms with Gasteiger partial charge in [-0.05, 0) is 19.1 Å². The predicted octanol–water partition coefficient (Wildman–Crippen LogP) is 2.85. The minimum absolute atomic E-state index is 0.231. The number of carbonyl (C=O) groups excluding carboxylic acids is 1. The summed E-state index contributed by atoms with van der Waals surface area (Å²) in [7, 11) is 0. The van der Waals surface area contributed by atoms with Gasteiger partial charge in [0.1, 0.15) is 18.0 Å². The summed E-state index contributed by atoms with van der Waals surface area (Å²) in [4.78, 5) is 16.4. The predicted molar refractivity (Wildman–Crippen MR) is 98.5 cm³/mol. The van der Waals surface area contributed by atoms with Crippen LogP contribution in [0.5, 0.6) is 5.75 Å². The Morgan fingerprint density at radius 3 is 2.70 bits per heavy atom. The molecule has 144 valence electrons. The first-order valence-corrected chi connectivity index (χ1v) is 9.42. The van der Waals surface area contributed by atoms with Gasteiger partial charge >= 0.3 is 6.09 Å². The largest absolute Gasteiger partial charge is 0.492 e. The summed E-state index contributed by atoms with van der Waals surface area (Å²) >= 11 is 0. The number of nitrogens with zero attached hydrogens (tertiary/aromatic N) is 3. The van der Waals surface area contributed by atoms with E-state index in [9.17, 15) is 4.79 Å². The fraction of sp³-hybridized carbons (Fsp3) is 0.500. The van der Waals surface area contributed by atoms with Gasteiger partial charge in [0.15, 0.2) is 5.76 Å². The fourth-order valence-corrected chi connectivity index (χ4v) is 3.75. The number of ether oxygens (including phenoxy) is 2. The molecule has 0 bridgehead atoms. The molecule has 7 heteroatoms. The number of para-hydroxylation sites is 1. The van der Waals surface area contributed by atoms with Crippen LogP contribution >= 0.6 is 0 Å². The Morgan fingerprint density at radius 1 is 1.22 bits per heavy atom. The molecule has 0 unspecified atom stereocenters. The molecule has 3 heterocycles. The van der Waals surface area contributed by atoms with Gasteiger partial charge in [0.25, 0.3) is 0 Å². The highest BCUT2D eigenvalue weighted by atomic mass is 16.6. The molecule has 0 N–H and O–H groups in total. The first-order valence-electron chi connectivity index (χ1n) is 9.42. The van der Waals surface area contributed by atoms with Gasteiger partial charge in [-0.15, -0.1) is 0 Å². The lowest BCUT2D eigenvalue weighted by molar-refractivity contribution is -0.00297. The van der Waals surface area contributed by atoms with Crippen LogP contribution in [-0.4, -0.2) is 59.4 Å². The number of piperidine rings is 1. The zero-order valence-electron chi connectivity index (χ0n) is 15.6. The van der Waals surface area contributed by atoms with Crippen molar-refractivity contribution in [3.8, 4) is 5.75 Å². The summed E-state index contributed by atoms with van der Waals surface area (Å²) in [5.74, 6) is 1.70. The molecule has 2 saturated heterocycles. The minimum Gasteiger partial charge on any atom is -0.492 e. The molecule has 0 radical (unpaired) electrons. The van der Waals surface area contributed by atoms with Gasteiger partial charge in [-0.2, -0.15) is 0 Å². The van der Waals surface area contributed by atoms with Gasteiger partial charge in [-0.25, -0.2) is 4.79 Å². The molecule has 2 fully saturated rings. The van der Waals surface area contributed by atoms with Gasteiger partial charge in [-0.3, -0.25) is 4.90 Å². The van der Waals surface area contributed by atoms with Gasteiger partial charge in [0.05, 0.1) is 25.3 Å². The second-order valence-corrected chi connectivity index (χ2v) is 7.34.